The number of hydrogen-bond donors (Lipinski definition) is 0. The van der Waals surface area contributed by atoms with Gasteiger partial charge in [-0.15, -0.1) is 0 Å². The van der Waals surface area contributed by atoms with Crippen molar-refractivity contribution in [2.24, 2.45) is 0 Å². The van der Waals surface area contributed by atoms with E-state index >= 15 is 0 Å². The van der Waals surface area contributed by atoms with E-state index in [2.05, 4.69) is 0 Å². The van der Waals surface area contributed by atoms with Crippen LogP contribution in [0, 0.1) is 0 Å². The first kappa shape index (κ1) is 20.9. The maximum Gasteiger partial charge on any atom is 0.175 e. The van der Waals surface area contributed by atoms with Crippen LogP contribution in [0.4, 0.5) is 0 Å². The van der Waals surface area contributed by atoms with Gasteiger partial charge in [0, 0.05) is 22.4 Å². The monoisotopic (exact) mass is 476 g/mol. The Morgan fingerprint density at radius 1 is 0.767 bits per heavy atom. The van der Waals surface area contributed by atoms with E-state index in [9.17, 15) is 8.42 Å². The first-order chi connectivity index (χ1) is 14.2. The van der Waals surface area contributed by atoms with Crippen LogP contribution in [0.5, 0.6) is 0 Å². The summed E-state index contributed by atoms with van der Waals surface area (Å²) in [6.45, 7) is 0. The molecule has 4 rings (SSSR count). The van der Waals surface area contributed by atoms with Crippen LogP contribution >= 0.6 is 34.8 Å². The number of aromatic nitrogens is 2. The van der Waals surface area contributed by atoms with E-state index in [0.717, 1.165) is 22.5 Å². The average Bonchev–Trinajstić information content (AvgIpc) is 3.15. The molecule has 1 heterocycles. The predicted octanol–water partition coefficient (Wildman–Crippen LogP) is 6.57. The third-order valence-electron chi connectivity index (χ3n) is 4.57. The molecule has 3 aromatic carbocycles. The van der Waals surface area contributed by atoms with Gasteiger partial charge in [0.15, 0.2) is 9.84 Å². The first-order valence-corrected chi connectivity index (χ1v) is 11.9. The molecule has 0 spiro atoms. The highest BCUT2D eigenvalue weighted by atomic mass is 35.5. The minimum absolute atomic E-state index is 0.243. The summed E-state index contributed by atoms with van der Waals surface area (Å²) in [5, 5.41) is 6.28. The second-order valence-corrected chi connectivity index (χ2v) is 10.00. The van der Waals surface area contributed by atoms with Gasteiger partial charge < -0.3 is 0 Å². The zero-order chi connectivity index (χ0) is 21.5. The summed E-state index contributed by atoms with van der Waals surface area (Å²) < 4.78 is 25.3. The smallest absolute Gasteiger partial charge is 0.175 e. The Balaban J connectivity index is 1.89. The number of sulfone groups is 1. The summed E-state index contributed by atoms with van der Waals surface area (Å²) in [5.74, 6) is 0. The number of hydrogen-bond acceptors (Lipinski definition) is 3. The Morgan fingerprint density at radius 3 is 2.00 bits per heavy atom. The van der Waals surface area contributed by atoms with Crippen molar-refractivity contribution in [2.45, 2.75) is 4.90 Å². The van der Waals surface area contributed by atoms with Gasteiger partial charge in [-0.3, -0.25) is 0 Å². The van der Waals surface area contributed by atoms with Crippen molar-refractivity contribution in [3.05, 3.63) is 87.9 Å². The number of nitrogens with zero attached hydrogens (tertiary/aromatic N) is 2. The molecule has 0 fully saturated rings. The van der Waals surface area contributed by atoms with Crippen LogP contribution in [0.1, 0.15) is 0 Å². The van der Waals surface area contributed by atoms with Crippen LogP contribution in [0.3, 0.4) is 0 Å². The molecule has 0 amide bonds. The van der Waals surface area contributed by atoms with E-state index < -0.39 is 9.84 Å². The van der Waals surface area contributed by atoms with Crippen molar-refractivity contribution in [2.75, 3.05) is 6.26 Å². The summed E-state index contributed by atoms with van der Waals surface area (Å²) in [4.78, 5) is 0.243. The minimum atomic E-state index is -3.29. The molecular weight excluding hydrogens is 463 g/mol. The Morgan fingerprint density at radius 2 is 1.40 bits per heavy atom. The van der Waals surface area contributed by atoms with E-state index in [-0.39, 0.29) is 4.90 Å². The molecule has 4 nitrogen and oxygen atoms in total. The maximum absolute atomic E-state index is 11.8. The van der Waals surface area contributed by atoms with Gasteiger partial charge in [0.05, 0.1) is 32.0 Å². The summed E-state index contributed by atoms with van der Waals surface area (Å²) >= 11 is 18.3. The quantitative estimate of drug-likeness (QED) is 0.334. The molecule has 4 aromatic rings. The van der Waals surface area contributed by atoms with Gasteiger partial charge in [0.25, 0.3) is 0 Å². The predicted molar refractivity (Wildman–Crippen MR) is 123 cm³/mol. The molecule has 1 aromatic heterocycles. The third kappa shape index (κ3) is 4.25. The van der Waals surface area contributed by atoms with E-state index in [4.69, 9.17) is 39.9 Å². The van der Waals surface area contributed by atoms with E-state index in [1.807, 2.05) is 24.3 Å². The summed E-state index contributed by atoms with van der Waals surface area (Å²) in [6, 6.07) is 21.2. The molecular formula is C22H15Cl3N2O2S. The van der Waals surface area contributed by atoms with Crippen LogP contribution in [-0.4, -0.2) is 24.5 Å². The van der Waals surface area contributed by atoms with Gasteiger partial charge in [-0.25, -0.2) is 13.1 Å². The Kier molecular flexibility index (Phi) is 5.64. The van der Waals surface area contributed by atoms with Gasteiger partial charge in [-0.2, -0.15) is 5.10 Å². The molecule has 0 aliphatic heterocycles. The third-order valence-corrected chi connectivity index (χ3v) is 6.69. The van der Waals surface area contributed by atoms with E-state index in [1.54, 1.807) is 53.2 Å². The van der Waals surface area contributed by atoms with Crippen LogP contribution < -0.4 is 0 Å². The molecule has 0 aliphatic carbocycles. The largest absolute Gasteiger partial charge is 0.232 e. The van der Waals surface area contributed by atoms with Crippen LogP contribution in [0.2, 0.25) is 15.1 Å². The lowest BCUT2D eigenvalue weighted by Crippen LogP contribution is -2.01. The molecule has 152 valence electrons. The van der Waals surface area contributed by atoms with Gasteiger partial charge in [-0.1, -0.05) is 53.0 Å². The molecule has 0 N–H and O–H groups in total. The SMILES string of the molecule is CS(=O)(=O)c1ccc(-n2nc(-c3ccc(Cl)cc3)cc2-c2ccc(Cl)c(Cl)c2)cc1. The maximum atomic E-state index is 11.8. The normalized spacial score (nSPS) is 11.6. The summed E-state index contributed by atoms with van der Waals surface area (Å²) in [5.41, 5.74) is 3.95. The topological polar surface area (TPSA) is 52.0 Å². The van der Waals surface area contributed by atoms with Crippen LogP contribution in [0.25, 0.3) is 28.2 Å². The van der Waals surface area contributed by atoms with E-state index in [0.29, 0.717) is 20.8 Å². The molecule has 30 heavy (non-hydrogen) atoms. The summed E-state index contributed by atoms with van der Waals surface area (Å²) in [7, 11) is -3.29. The minimum Gasteiger partial charge on any atom is -0.232 e. The molecule has 0 bridgehead atoms. The van der Waals surface area contributed by atoms with Crippen molar-refractivity contribution in [3.63, 3.8) is 0 Å². The molecule has 0 saturated heterocycles. The fourth-order valence-electron chi connectivity index (χ4n) is 3.04. The molecule has 0 atom stereocenters. The number of halogens is 3. The fraction of sp³-hybridized carbons (Fsp3) is 0.0455. The zero-order valence-corrected chi connectivity index (χ0v) is 18.8. The van der Waals surface area contributed by atoms with Gasteiger partial charge in [-0.05, 0) is 54.6 Å². The van der Waals surface area contributed by atoms with Crippen molar-refractivity contribution >= 4 is 44.6 Å². The standard InChI is InChI=1S/C22H15Cl3N2O2S/c1-30(28,29)18-9-7-17(8-10-18)27-22(15-4-11-19(24)20(25)12-15)13-21(26-27)14-2-5-16(23)6-3-14/h2-13H,1H3. The molecule has 0 saturated carbocycles. The van der Waals surface area contributed by atoms with Crippen LogP contribution in [0.15, 0.2) is 77.7 Å². The number of benzene rings is 3. The Labute approximate surface area is 189 Å². The second kappa shape index (κ2) is 8.08. The average molecular weight is 478 g/mol. The molecule has 8 heteroatoms. The molecule has 0 aliphatic rings. The lowest BCUT2D eigenvalue weighted by Gasteiger charge is -2.09. The Bertz CT molecular complexity index is 1330. The molecule has 0 unspecified atom stereocenters. The molecule has 0 radical (unpaired) electrons. The highest BCUT2D eigenvalue weighted by molar-refractivity contribution is 7.90. The zero-order valence-electron chi connectivity index (χ0n) is 15.7. The van der Waals surface area contributed by atoms with Crippen molar-refractivity contribution < 1.29 is 8.42 Å². The van der Waals surface area contributed by atoms with Gasteiger partial charge >= 0.3 is 0 Å². The van der Waals surface area contributed by atoms with Gasteiger partial charge in [0.1, 0.15) is 0 Å². The van der Waals surface area contributed by atoms with Crippen molar-refractivity contribution in [1.29, 1.82) is 0 Å². The highest BCUT2D eigenvalue weighted by Crippen LogP contribution is 2.33. The Hall–Kier alpha value is -2.31. The van der Waals surface area contributed by atoms with Crippen LogP contribution in [-0.2, 0) is 9.84 Å². The van der Waals surface area contributed by atoms with Gasteiger partial charge in [0.2, 0.25) is 0 Å². The summed E-state index contributed by atoms with van der Waals surface area (Å²) in [6.07, 6.45) is 1.18. The number of rotatable bonds is 4. The van der Waals surface area contributed by atoms with Crippen molar-refractivity contribution in [1.82, 2.24) is 9.78 Å². The van der Waals surface area contributed by atoms with E-state index in [1.165, 1.54) is 6.26 Å². The lowest BCUT2D eigenvalue weighted by molar-refractivity contribution is 0.602. The highest BCUT2D eigenvalue weighted by Gasteiger charge is 2.15. The lowest BCUT2D eigenvalue weighted by atomic mass is 10.1. The first-order valence-electron chi connectivity index (χ1n) is 8.84. The fourth-order valence-corrected chi connectivity index (χ4v) is 4.09. The second-order valence-electron chi connectivity index (χ2n) is 6.73. The van der Waals surface area contributed by atoms with Crippen molar-refractivity contribution in [3.8, 4) is 28.2 Å².